The highest BCUT2D eigenvalue weighted by atomic mass is 15.2. The number of benzene rings is 1. The smallest absolute Gasteiger partial charge is 0.158 e. The second-order valence-corrected chi connectivity index (χ2v) is 5.77. The van der Waals surface area contributed by atoms with Gasteiger partial charge < -0.3 is 10.6 Å². The van der Waals surface area contributed by atoms with Crippen molar-refractivity contribution < 1.29 is 0 Å². The molecular weight excluding hydrogens is 248 g/mol. The van der Waals surface area contributed by atoms with E-state index in [1.54, 1.807) is 0 Å². The Hall–Kier alpha value is -1.68. The molecule has 2 N–H and O–H groups in total. The molecule has 0 aliphatic carbocycles. The van der Waals surface area contributed by atoms with Crippen LogP contribution in [-0.4, -0.2) is 29.8 Å². The van der Waals surface area contributed by atoms with E-state index >= 15 is 0 Å². The molecule has 0 aliphatic heterocycles. The van der Waals surface area contributed by atoms with Gasteiger partial charge >= 0.3 is 0 Å². The van der Waals surface area contributed by atoms with E-state index in [1.807, 2.05) is 19.1 Å². The summed E-state index contributed by atoms with van der Waals surface area (Å²) in [6.07, 6.45) is 0.956. The third-order valence-electron chi connectivity index (χ3n) is 3.87. The Kier molecular flexibility index (Phi) is 4.55. The fourth-order valence-corrected chi connectivity index (χ4v) is 2.29. The van der Waals surface area contributed by atoms with Crippen LogP contribution in [0.3, 0.4) is 0 Å². The average Bonchev–Trinajstić information content (AvgIpc) is 2.45. The summed E-state index contributed by atoms with van der Waals surface area (Å²) in [7, 11) is 2.05. The Bertz CT molecular complexity index is 580. The van der Waals surface area contributed by atoms with Gasteiger partial charge in [-0.1, -0.05) is 38.1 Å². The summed E-state index contributed by atoms with van der Waals surface area (Å²) in [5, 5.41) is 10.9. The fraction of sp³-hybridized carbons (Fsp3) is 0.500. The molecule has 0 fully saturated rings. The van der Waals surface area contributed by atoms with E-state index in [1.165, 1.54) is 0 Å². The zero-order valence-corrected chi connectivity index (χ0v) is 12.8. The standard InChI is InChI=1S/C16H24N4/c1-11(2)15(17)9-10-20(4)16-14-8-6-5-7-13(14)12(3)18-19-16/h5-8,11,15H,9-10,17H2,1-4H3. The number of aromatic nitrogens is 2. The molecule has 1 aromatic heterocycles. The van der Waals surface area contributed by atoms with Gasteiger partial charge in [-0.3, -0.25) is 0 Å². The van der Waals surface area contributed by atoms with Crippen molar-refractivity contribution in [3.8, 4) is 0 Å². The number of rotatable bonds is 5. The van der Waals surface area contributed by atoms with Gasteiger partial charge in [-0.25, -0.2) is 0 Å². The molecule has 2 rings (SSSR count). The summed E-state index contributed by atoms with van der Waals surface area (Å²) in [5.74, 6) is 1.44. The fourth-order valence-electron chi connectivity index (χ4n) is 2.29. The molecule has 1 unspecified atom stereocenters. The van der Waals surface area contributed by atoms with Gasteiger partial charge in [0.15, 0.2) is 5.82 Å². The maximum absolute atomic E-state index is 6.12. The predicted octanol–water partition coefficient (Wildman–Crippen LogP) is 2.75. The van der Waals surface area contributed by atoms with E-state index in [0.717, 1.165) is 35.2 Å². The van der Waals surface area contributed by atoms with Crippen LogP contribution in [0.5, 0.6) is 0 Å². The number of hydrogen-bond donors (Lipinski definition) is 1. The van der Waals surface area contributed by atoms with Crippen LogP contribution in [0.2, 0.25) is 0 Å². The summed E-state index contributed by atoms with van der Waals surface area (Å²) in [4.78, 5) is 2.15. The Morgan fingerprint density at radius 1 is 1.15 bits per heavy atom. The van der Waals surface area contributed by atoms with Crippen LogP contribution in [-0.2, 0) is 0 Å². The first kappa shape index (κ1) is 14.7. The Morgan fingerprint density at radius 3 is 2.45 bits per heavy atom. The summed E-state index contributed by atoms with van der Waals surface area (Å²) in [5.41, 5.74) is 7.09. The van der Waals surface area contributed by atoms with E-state index in [4.69, 9.17) is 5.73 Å². The molecule has 1 heterocycles. The first-order valence-electron chi connectivity index (χ1n) is 7.19. The van der Waals surface area contributed by atoms with Gasteiger partial charge in [-0.15, -0.1) is 5.10 Å². The van der Waals surface area contributed by atoms with Gasteiger partial charge in [0, 0.05) is 30.4 Å². The van der Waals surface area contributed by atoms with E-state index < -0.39 is 0 Å². The second kappa shape index (κ2) is 6.18. The molecule has 0 bridgehead atoms. The van der Waals surface area contributed by atoms with E-state index in [0.29, 0.717) is 5.92 Å². The summed E-state index contributed by atoms with van der Waals surface area (Å²) < 4.78 is 0. The first-order chi connectivity index (χ1) is 9.50. The number of anilines is 1. The Labute approximate surface area is 121 Å². The van der Waals surface area contributed by atoms with Crippen LogP contribution in [0.25, 0.3) is 10.8 Å². The highest BCUT2D eigenvalue weighted by Crippen LogP contribution is 2.24. The van der Waals surface area contributed by atoms with Crippen LogP contribution in [0.4, 0.5) is 5.82 Å². The van der Waals surface area contributed by atoms with E-state index in [9.17, 15) is 0 Å². The highest BCUT2D eigenvalue weighted by Gasteiger charge is 2.13. The third-order valence-corrected chi connectivity index (χ3v) is 3.87. The van der Waals surface area contributed by atoms with Gasteiger partial charge in [-0.05, 0) is 19.3 Å². The molecule has 0 saturated carbocycles. The highest BCUT2D eigenvalue weighted by molar-refractivity contribution is 5.93. The minimum atomic E-state index is 0.224. The maximum atomic E-state index is 6.12. The lowest BCUT2D eigenvalue weighted by atomic mass is 10.0. The molecule has 1 atom stereocenters. The van der Waals surface area contributed by atoms with Crippen molar-refractivity contribution in [2.75, 3.05) is 18.5 Å². The molecule has 4 nitrogen and oxygen atoms in total. The van der Waals surface area contributed by atoms with Crippen LogP contribution < -0.4 is 10.6 Å². The molecule has 1 aromatic carbocycles. The molecule has 0 radical (unpaired) electrons. The zero-order chi connectivity index (χ0) is 14.7. The van der Waals surface area contributed by atoms with E-state index in [-0.39, 0.29) is 6.04 Å². The molecule has 0 amide bonds. The van der Waals surface area contributed by atoms with Crippen LogP contribution in [0.1, 0.15) is 26.0 Å². The van der Waals surface area contributed by atoms with Gasteiger partial charge in [0.05, 0.1) is 5.69 Å². The SMILES string of the molecule is Cc1nnc(N(C)CCC(N)C(C)C)c2ccccc12. The van der Waals surface area contributed by atoms with Crippen molar-refractivity contribution in [1.29, 1.82) is 0 Å². The third kappa shape index (κ3) is 3.07. The lowest BCUT2D eigenvalue weighted by Gasteiger charge is -2.23. The lowest BCUT2D eigenvalue weighted by Crippen LogP contribution is -2.32. The quantitative estimate of drug-likeness (QED) is 0.909. The normalized spacial score (nSPS) is 12.9. The molecule has 2 aromatic rings. The molecule has 0 spiro atoms. The summed E-state index contributed by atoms with van der Waals surface area (Å²) in [6.45, 7) is 7.20. The number of fused-ring (bicyclic) bond motifs is 1. The van der Waals surface area contributed by atoms with Crippen molar-refractivity contribution >= 4 is 16.6 Å². The Balaban J connectivity index is 2.22. The minimum absolute atomic E-state index is 0.224. The van der Waals surface area contributed by atoms with Crippen molar-refractivity contribution in [3.05, 3.63) is 30.0 Å². The molecule has 0 saturated heterocycles. The number of aryl methyl sites for hydroxylation is 1. The molecular formula is C16H24N4. The van der Waals surface area contributed by atoms with Crippen LogP contribution in [0, 0.1) is 12.8 Å². The lowest BCUT2D eigenvalue weighted by molar-refractivity contribution is 0.465. The van der Waals surface area contributed by atoms with Gasteiger partial charge in [0.25, 0.3) is 0 Å². The average molecular weight is 272 g/mol. The molecule has 20 heavy (non-hydrogen) atoms. The van der Waals surface area contributed by atoms with Crippen LogP contribution >= 0.6 is 0 Å². The second-order valence-electron chi connectivity index (χ2n) is 5.77. The van der Waals surface area contributed by atoms with Gasteiger partial charge in [0.1, 0.15) is 0 Å². The van der Waals surface area contributed by atoms with Crippen molar-refractivity contribution in [3.63, 3.8) is 0 Å². The number of nitrogens with two attached hydrogens (primary N) is 1. The largest absolute Gasteiger partial charge is 0.358 e. The monoisotopic (exact) mass is 272 g/mol. The summed E-state index contributed by atoms with van der Waals surface area (Å²) >= 11 is 0. The number of hydrogen-bond acceptors (Lipinski definition) is 4. The number of nitrogens with zero attached hydrogens (tertiary/aromatic N) is 3. The van der Waals surface area contributed by atoms with Gasteiger partial charge in [0.2, 0.25) is 0 Å². The molecule has 4 heteroatoms. The molecule has 0 aliphatic rings. The van der Waals surface area contributed by atoms with Crippen molar-refractivity contribution in [2.45, 2.75) is 33.2 Å². The van der Waals surface area contributed by atoms with Gasteiger partial charge in [-0.2, -0.15) is 5.10 Å². The predicted molar refractivity (Wildman–Crippen MR) is 85.0 cm³/mol. The topological polar surface area (TPSA) is 55.0 Å². The van der Waals surface area contributed by atoms with Crippen molar-refractivity contribution in [1.82, 2.24) is 10.2 Å². The van der Waals surface area contributed by atoms with Crippen molar-refractivity contribution in [2.24, 2.45) is 11.7 Å². The van der Waals surface area contributed by atoms with E-state index in [2.05, 4.69) is 48.1 Å². The molecule has 108 valence electrons. The maximum Gasteiger partial charge on any atom is 0.158 e. The minimum Gasteiger partial charge on any atom is -0.358 e. The zero-order valence-electron chi connectivity index (χ0n) is 12.8. The first-order valence-corrected chi connectivity index (χ1v) is 7.19. The summed E-state index contributed by atoms with van der Waals surface area (Å²) in [6, 6.07) is 8.50. The van der Waals surface area contributed by atoms with Crippen LogP contribution in [0.15, 0.2) is 24.3 Å². The Morgan fingerprint density at radius 2 is 1.80 bits per heavy atom.